The van der Waals surface area contributed by atoms with Crippen LogP contribution in [0.5, 0.6) is 0 Å². The molecular formula is C22H34N2O4. The molecule has 6 nitrogen and oxygen atoms in total. The molecule has 4 saturated carbocycles. The maximum absolute atomic E-state index is 13.3. The lowest BCUT2D eigenvalue weighted by molar-refractivity contribution is -0.161. The van der Waals surface area contributed by atoms with Crippen LogP contribution < -0.4 is 10.6 Å². The molecule has 2 N–H and O–H groups in total. The summed E-state index contributed by atoms with van der Waals surface area (Å²) in [5.74, 6) is 0.956. The van der Waals surface area contributed by atoms with E-state index in [0.717, 1.165) is 19.3 Å². The molecule has 4 bridgehead atoms. The lowest BCUT2D eigenvalue weighted by atomic mass is 9.49. The van der Waals surface area contributed by atoms with Gasteiger partial charge in [-0.15, -0.1) is 6.58 Å². The van der Waals surface area contributed by atoms with Crippen molar-refractivity contribution in [1.82, 2.24) is 10.6 Å². The maximum atomic E-state index is 13.3. The summed E-state index contributed by atoms with van der Waals surface area (Å²) in [6.07, 6.45) is 7.29. The summed E-state index contributed by atoms with van der Waals surface area (Å²) >= 11 is 0. The summed E-state index contributed by atoms with van der Waals surface area (Å²) < 4.78 is 5.35. The SMILES string of the molecule is C=CCNC(=O)[C@@H](C)OC(=O)[C@@H](NC(=O)C12CC3CC(CC(C3)C1)C2)C(C)C. The Balaban J connectivity index is 1.63. The Morgan fingerprint density at radius 1 is 1.07 bits per heavy atom. The summed E-state index contributed by atoms with van der Waals surface area (Å²) in [5.41, 5.74) is -0.310. The van der Waals surface area contributed by atoms with Crippen molar-refractivity contribution in [3.8, 4) is 0 Å². The summed E-state index contributed by atoms with van der Waals surface area (Å²) in [6, 6.07) is -0.741. The largest absolute Gasteiger partial charge is 0.451 e. The molecule has 0 aromatic carbocycles. The van der Waals surface area contributed by atoms with E-state index in [1.165, 1.54) is 26.2 Å². The van der Waals surface area contributed by atoms with Crippen molar-refractivity contribution in [1.29, 1.82) is 0 Å². The Morgan fingerprint density at radius 3 is 2.07 bits per heavy atom. The third-order valence-corrected chi connectivity index (χ3v) is 6.81. The summed E-state index contributed by atoms with van der Waals surface area (Å²) in [5, 5.41) is 5.61. The van der Waals surface area contributed by atoms with Crippen molar-refractivity contribution in [2.75, 3.05) is 6.54 Å². The van der Waals surface area contributed by atoms with Gasteiger partial charge < -0.3 is 15.4 Å². The lowest BCUT2D eigenvalue weighted by Crippen LogP contribution is -2.57. The fourth-order valence-corrected chi connectivity index (χ4v) is 5.80. The second-order valence-corrected chi connectivity index (χ2v) is 9.51. The van der Waals surface area contributed by atoms with Crippen LogP contribution in [0.1, 0.15) is 59.3 Å². The standard InChI is InChI=1S/C22H34N2O4/c1-5-6-23-19(25)14(4)28-20(26)18(13(2)3)24-21(27)22-10-15-7-16(11-22)9-17(8-15)12-22/h5,13-18H,1,6-12H2,2-4H3,(H,23,25)(H,24,27)/t14-,15?,16?,17?,18+,22?/m1/s1. The quantitative estimate of drug-likeness (QED) is 0.493. The summed E-state index contributed by atoms with van der Waals surface area (Å²) in [7, 11) is 0. The Labute approximate surface area is 167 Å². The van der Waals surface area contributed by atoms with Crippen LogP contribution in [-0.4, -0.2) is 36.5 Å². The Bertz CT molecular complexity index is 607. The van der Waals surface area contributed by atoms with Gasteiger partial charge in [-0.3, -0.25) is 9.59 Å². The maximum Gasteiger partial charge on any atom is 0.329 e. The van der Waals surface area contributed by atoms with E-state index in [1.54, 1.807) is 6.08 Å². The molecule has 4 fully saturated rings. The lowest BCUT2D eigenvalue weighted by Gasteiger charge is -2.55. The molecule has 0 unspecified atom stereocenters. The van der Waals surface area contributed by atoms with E-state index in [2.05, 4.69) is 17.2 Å². The van der Waals surface area contributed by atoms with Gasteiger partial charge in [-0.05, 0) is 69.1 Å². The molecule has 0 heterocycles. The highest BCUT2D eigenvalue weighted by Crippen LogP contribution is 2.60. The number of rotatable bonds is 8. The highest BCUT2D eigenvalue weighted by atomic mass is 16.5. The molecule has 156 valence electrons. The topological polar surface area (TPSA) is 84.5 Å². The molecular weight excluding hydrogens is 356 g/mol. The molecule has 4 aliphatic carbocycles. The second kappa shape index (κ2) is 8.26. The zero-order chi connectivity index (χ0) is 20.5. The third kappa shape index (κ3) is 4.26. The van der Waals surface area contributed by atoms with E-state index >= 15 is 0 Å². The van der Waals surface area contributed by atoms with Crippen molar-refractivity contribution in [2.24, 2.45) is 29.1 Å². The zero-order valence-corrected chi connectivity index (χ0v) is 17.3. The first-order chi connectivity index (χ1) is 13.2. The molecule has 4 rings (SSSR count). The molecule has 0 saturated heterocycles. The number of esters is 1. The Hall–Kier alpha value is -1.85. The number of carbonyl (C=O) groups is 3. The number of carbonyl (C=O) groups excluding carboxylic acids is 3. The molecule has 2 amide bonds. The van der Waals surface area contributed by atoms with E-state index < -0.39 is 18.1 Å². The van der Waals surface area contributed by atoms with Gasteiger partial charge in [-0.25, -0.2) is 4.79 Å². The molecule has 4 aliphatic rings. The van der Waals surface area contributed by atoms with Crippen LogP contribution in [0.15, 0.2) is 12.7 Å². The average molecular weight is 391 g/mol. The highest BCUT2D eigenvalue weighted by Gasteiger charge is 2.55. The fourth-order valence-electron chi connectivity index (χ4n) is 5.80. The van der Waals surface area contributed by atoms with E-state index in [4.69, 9.17) is 4.74 Å². The first-order valence-corrected chi connectivity index (χ1v) is 10.6. The average Bonchev–Trinajstić information content (AvgIpc) is 2.62. The number of hydrogen-bond acceptors (Lipinski definition) is 4. The predicted molar refractivity (Wildman–Crippen MR) is 106 cm³/mol. The van der Waals surface area contributed by atoms with Crippen molar-refractivity contribution in [3.63, 3.8) is 0 Å². The van der Waals surface area contributed by atoms with Crippen molar-refractivity contribution >= 4 is 17.8 Å². The van der Waals surface area contributed by atoms with Gasteiger partial charge in [0.05, 0.1) is 0 Å². The predicted octanol–water partition coefficient (Wildman–Crippen LogP) is 2.58. The van der Waals surface area contributed by atoms with E-state index in [9.17, 15) is 14.4 Å². The normalized spacial score (nSPS) is 32.5. The molecule has 0 radical (unpaired) electrons. The van der Waals surface area contributed by atoms with Gasteiger partial charge in [0.2, 0.25) is 5.91 Å². The van der Waals surface area contributed by atoms with E-state index in [0.29, 0.717) is 24.3 Å². The van der Waals surface area contributed by atoms with Crippen LogP contribution >= 0.6 is 0 Å². The van der Waals surface area contributed by atoms with Crippen LogP contribution in [0.2, 0.25) is 0 Å². The molecule has 2 atom stereocenters. The first kappa shape index (κ1) is 20.9. The summed E-state index contributed by atoms with van der Waals surface area (Å²) in [6.45, 7) is 9.16. The van der Waals surface area contributed by atoms with Crippen molar-refractivity contribution in [3.05, 3.63) is 12.7 Å². The van der Waals surface area contributed by atoms with Crippen LogP contribution in [0.3, 0.4) is 0 Å². The second-order valence-electron chi connectivity index (χ2n) is 9.51. The highest BCUT2D eigenvalue weighted by molar-refractivity contribution is 5.90. The molecule has 0 aromatic heterocycles. The summed E-state index contributed by atoms with van der Waals surface area (Å²) in [4.78, 5) is 37.9. The minimum absolute atomic E-state index is 0.00557. The van der Waals surface area contributed by atoms with Crippen LogP contribution in [0.4, 0.5) is 0 Å². The molecule has 0 aliphatic heterocycles. The molecule has 0 aromatic rings. The van der Waals surface area contributed by atoms with E-state index in [-0.39, 0.29) is 23.1 Å². The molecule has 28 heavy (non-hydrogen) atoms. The number of amides is 2. The molecule has 6 heteroatoms. The van der Waals surface area contributed by atoms with Gasteiger partial charge in [0, 0.05) is 12.0 Å². The third-order valence-electron chi connectivity index (χ3n) is 6.81. The Morgan fingerprint density at radius 2 is 1.61 bits per heavy atom. The van der Waals surface area contributed by atoms with Crippen LogP contribution in [0, 0.1) is 29.1 Å². The van der Waals surface area contributed by atoms with Gasteiger partial charge in [-0.2, -0.15) is 0 Å². The van der Waals surface area contributed by atoms with Gasteiger partial charge >= 0.3 is 5.97 Å². The van der Waals surface area contributed by atoms with Gasteiger partial charge in [0.15, 0.2) is 6.10 Å². The van der Waals surface area contributed by atoms with Gasteiger partial charge in [-0.1, -0.05) is 19.9 Å². The zero-order valence-electron chi connectivity index (χ0n) is 17.3. The Kier molecular flexibility index (Phi) is 6.15. The number of nitrogens with one attached hydrogen (secondary N) is 2. The van der Waals surface area contributed by atoms with Crippen LogP contribution in [0.25, 0.3) is 0 Å². The molecule has 0 spiro atoms. The van der Waals surface area contributed by atoms with Gasteiger partial charge in [0.1, 0.15) is 6.04 Å². The first-order valence-electron chi connectivity index (χ1n) is 10.6. The van der Waals surface area contributed by atoms with Gasteiger partial charge in [0.25, 0.3) is 5.91 Å². The minimum atomic E-state index is -0.912. The van der Waals surface area contributed by atoms with Crippen LogP contribution in [-0.2, 0) is 19.1 Å². The minimum Gasteiger partial charge on any atom is -0.451 e. The number of hydrogen-bond donors (Lipinski definition) is 2. The van der Waals surface area contributed by atoms with Crippen molar-refractivity contribution < 1.29 is 19.1 Å². The fraction of sp³-hybridized carbons (Fsp3) is 0.773. The number of ether oxygens (including phenoxy) is 1. The van der Waals surface area contributed by atoms with Crippen molar-refractivity contribution in [2.45, 2.75) is 71.4 Å². The monoisotopic (exact) mass is 390 g/mol. The smallest absolute Gasteiger partial charge is 0.329 e. The van der Waals surface area contributed by atoms with E-state index in [1.807, 2.05) is 13.8 Å².